The van der Waals surface area contributed by atoms with E-state index in [1.807, 2.05) is 9.91 Å². The summed E-state index contributed by atoms with van der Waals surface area (Å²) in [5.74, 6) is -3.72. The highest BCUT2D eigenvalue weighted by Crippen LogP contribution is 2.40. The quantitative estimate of drug-likeness (QED) is 0.393. The fourth-order valence-corrected chi connectivity index (χ4v) is 7.15. The number of nitrogens with zero attached hydrogens (tertiary/aromatic N) is 4. The third-order valence-corrected chi connectivity index (χ3v) is 10.4. The maximum absolute atomic E-state index is 14.3. The van der Waals surface area contributed by atoms with Gasteiger partial charge in [0.1, 0.15) is 12.0 Å². The van der Waals surface area contributed by atoms with Crippen molar-refractivity contribution in [2.75, 3.05) is 39.0 Å². The lowest BCUT2D eigenvalue weighted by Crippen LogP contribution is -2.62. The molecule has 14 heteroatoms. The largest absolute Gasteiger partial charge is 0.368 e. The highest BCUT2D eigenvalue weighted by molar-refractivity contribution is 7.89. The van der Waals surface area contributed by atoms with Gasteiger partial charge in [0.15, 0.2) is 11.6 Å². The number of benzene rings is 2. The number of likely N-dealkylation sites (tertiary alicyclic amines) is 1. The van der Waals surface area contributed by atoms with Crippen LogP contribution >= 0.6 is 0 Å². The molecule has 3 saturated heterocycles. The Kier molecular flexibility index (Phi) is 8.51. The Morgan fingerprint density at radius 3 is 2.40 bits per heavy atom. The zero-order chi connectivity index (χ0) is 30.2. The third-order valence-electron chi connectivity index (χ3n) is 8.61. The molecule has 3 fully saturated rings. The zero-order valence-corrected chi connectivity index (χ0v) is 24.2. The number of anilines is 1. The molecule has 2 aromatic rings. The molecule has 1 amide bonds. The van der Waals surface area contributed by atoms with E-state index >= 15 is 0 Å². The summed E-state index contributed by atoms with van der Waals surface area (Å²) in [4.78, 5) is 15.1. The second-order valence-corrected chi connectivity index (χ2v) is 13.4. The van der Waals surface area contributed by atoms with Crippen LogP contribution < -0.4 is 16.1 Å². The van der Waals surface area contributed by atoms with Gasteiger partial charge in [0.05, 0.1) is 28.8 Å². The molecule has 3 aliphatic heterocycles. The van der Waals surface area contributed by atoms with E-state index in [9.17, 15) is 31.6 Å². The molecule has 42 heavy (non-hydrogen) atoms. The van der Waals surface area contributed by atoms with E-state index in [0.29, 0.717) is 44.6 Å². The lowest BCUT2D eigenvalue weighted by molar-refractivity contribution is -0.128. The van der Waals surface area contributed by atoms with Gasteiger partial charge >= 0.3 is 0 Å². The van der Waals surface area contributed by atoms with Crippen molar-refractivity contribution in [3.63, 3.8) is 0 Å². The van der Waals surface area contributed by atoms with Gasteiger partial charge < -0.3 is 10.6 Å². The van der Waals surface area contributed by atoms with Crippen molar-refractivity contribution in [2.45, 2.75) is 54.9 Å². The number of hydrazine groups is 1. The normalized spacial score (nSPS) is 24.7. The zero-order valence-electron chi connectivity index (χ0n) is 23.4. The Labute approximate surface area is 243 Å². The molecular formula is C28H34F3N7O3S. The van der Waals surface area contributed by atoms with Crippen molar-refractivity contribution in [3.8, 4) is 6.07 Å². The molecular weight excluding hydrogens is 571 g/mol. The van der Waals surface area contributed by atoms with Crippen molar-refractivity contribution in [1.29, 1.82) is 5.26 Å². The molecule has 3 N–H and O–H groups in total. The Bertz CT molecular complexity index is 1470. The average Bonchev–Trinajstić information content (AvgIpc) is 3.34. The summed E-state index contributed by atoms with van der Waals surface area (Å²) >= 11 is 0. The number of rotatable bonds is 8. The number of sulfonamides is 1. The number of nitriles is 1. The van der Waals surface area contributed by atoms with Crippen molar-refractivity contribution >= 4 is 21.6 Å². The van der Waals surface area contributed by atoms with E-state index in [-0.39, 0.29) is 35.4 Å². The van der Waals surface area contributed by atoms with Gasteiger partial charge in [-0.3, -0.25) is 9.69 Å². The SMILES string of the molecule is CN(C)S(=O)(=O)c1ccc(NC2NN(C3(CC#N)CCN(Cc4c(F)ccc(F)c4F)CC3)C3CCNC(=O)C23)cc1. The molecule has 3 heterocycles. The van der Waals surface area contributed by atoms with Crippen molar-refractivity contribution in [3.05, 3.63) is 59.4 Å². The lowest BCUT2D eigenvalue weighted by Gasteiger charge is -2.49. The highest BCUT2D eigenvalue weighted by atomic mass is 32.2. The van der Waals surface area contributed by atoms with Gasteiger partial charge in [-0.1, -0.05) is 0 Å². The van der Waals surface area contributed by atoms with E-state index in [2.05, 4.69) is 22.1 Å². The van der Waals surface area contributed by atoms with Crippen LogP contribution in [0.2, 0.25) is 0 Å². The maximum atomic E-state index is 14.3. The molecule has 0 radical (unpaired) electrons. The topological polar surface area (TPSA) is 121 Å². The Morgan fingerprint density at radius 2 is 1.76 bits per heavy atom. The Balaban J connectivity index is 1.35. The number of fused-ring (bicyclic) bond motifs is 1. The summed E-state index contributed by atoms with van der Waals surface area (Å²) < 4.78 is 68.4. The predicted octanol–water partition coefficient (Wildman–Crippen LogP) is 2.37. The highest BCUT2D eigenvalue weighted by Gasteiger charge is 2.54. The van der Waals surface area contributed by atoms with Crippen LogP contribution in [0.3, 0.4) is 0 Å². The van der Waals surface area contributed by atoms with Crippen molar-refractivity contribution in [2.24, 2.45) is 5.92 Å². The summed E-state index contributed by atoms with van der Waals surface area (Å²) in [6.45, 7) is 1.22. The summed E-state index contributed by atoms with van der Waals surface area (Å²) in [7, 11) is -0.679. The number of hydrogen-bond acceptors (Lipinski definition) is 8. The molecule has 2 aromatic carbocycles. The standard InChI is InChI=1S/C28H34F3N7O3S/c1-36(2)42(40,41)19-5-3-18(4-6-19)34-26-24-23(9-14-33-27(24)39)38(35-26)28(10-13-32)11-15-37(16-12-28)17-20-21(29)7-8-22(30)25(20)31/h3-8,23-24,26,34-35H,9-12,14-17H2,1-2H3,(H,33,39). The fourth-order valence-electron chi connectivity index (χ4n) is 6.24. The number of hydrogen-bond donors (Lipinski definition) is 3. The third kappa shape index (κ3) is 5.59. The van der Waals surface area contributed by atoms with Crippen LogP contribution in [0.15, 0.2) is 41.3 Å². The Morgan fingerprint density at radius 1 is 1.10 bits per heavy atom. The van der Waals surface area contributed by atoms with Gasteiger partial charge in [-0.05, 0) is 55.7 Å². The molecule has 0 aromatic heterocycles. The first-order valence-corrected chi connectivity index (χ1v) is 15.2. The van der Waals surface area contributed by atoms with Crippen LogP contribution in [0.4, 0.5) is 18.9 Å². The summed E-state index contributed by atoms with van der Waals surface area (Å²) in [5, 5.41) is 18.1. The van der Waals surface area contributed by atoms with Crippen LogP contribution in [-0.2, 0) is 21.4 Å². The van der Waals surface area contributed by atoms with Crippen LogP contribution in [-0.4, -0.2) is 80.0 Å². The van der Waals surface area contributed by atoms with E-state index < -0.39 is 45.1 Å². The summed E-state index contributed by atoms with van der Waals surface area (Å²) in [5.41, 5.74) is 3.11. The van der Waals surface area contributed by atoms with Crippen LogP contribution in [0, 0.1) is 34.7 Å². The van der Waals surface area contributed by atoms with Gasteiger partial charge in [-0.25, -0.2) is 36.3 Å². The second kappa shape index (κ2) is 11.8. The van der Waals surface area contributed by atoms with Gasteiger partial charge in [0.2, 0.25) is 15.9 Å². The average molecular weight is 606 g/mol. The van der Waals surface area contributed by atoms with Gasteiger partial charge in [0.25, 0.3) is 0 Å². The fraction of sp³-hybridized carbons (Fsp3) is 0.500. The first-order chi connectivity index (χ1) is 20.0. The monoisotopic (exact) mass is 605 g/mol. The number of nitrogens with one attached hydrogen (secondary N) is 3. The number of halogens is 3. The molecule has 0 bridgehead atoms. The molecule has 10 nitrogen and oxygen atoms in total. The van der Waals surface area contributed by atoms with Crippen LogP contribution in [0.25, 0.3) is 0 Å². The van der Waals surface area contributed by atoms with Gasteiger partial charge in [0, 0.05) is 57.6 Å². The Hall–Kier alpha value is -3.22. The number of carbonyl (C=O) groups is 1. The first-order valence-electron chi connectivity index (χ1n) is 13.8. The molecule has 3 unspecified atom stereocenters. The smallest absolute Gasteiger partial charge is 0.242 e. The number of carbonyl (C=O) groups excluding carboxylic acids is 1. The molecule has 3 aliphatic rings. The van der Waals surface area contributed by atoms with Crippen LogP contribution in [0.1, 0.15) is 31.2 Å². The molecule has 3 atom stereocenters. The number of piperidine rings is 2. The van der Waals surface area contributed by atoms with Gasteiger partial charge in [-0.15, -0.1) is 0 Å². The lowest BCUT2D eigenvalue weighted by atomic mass is 9.81. The first kappa shape index (κ1) is 30.2. The predicted molar refractivity (Wildman–Crippen MR) is 148 cm³/mol. The van der Waals surface area contributed by atoms with Crippen molar-refractivity contribution < 1.29 is 26.4 Å². The van der Waals surface area contributed by atoms with E-state index in [1.54, 1.807) is 12.1 Å². The summed E-state index contributed by atoms with van der Waals surface area (Å²) in [6.07, 6.45) is 1.26. The minimum Gasteiger partial charge on any atom is -0.368 e. The van der Waals surface area contributed by atoms with Crippen LogP contribution in [0.5, 0.6) is 0 Å². The molecule has 5 rings (SSSR count). The van der Waals surface area contributed by atoms with E-state index in [1.165, 1.54) is 26.2 Å². The van der Waals surface area contributed by atoms with E-state index in [0.717, 1.165) is 16.4 Å². The number of amides is 1. The van der Waals surface area contributed by atoms with Crippen molar-refractivity contribution in [1.82, 2.24) is 25.0 Å². The van der Waals surface area contributed by atoms with E-state index in [4.69, 9.17) is 0 Å². The maximum Gasteiger partial charge on any atom is 0.242 e. The molecule has 0 spiro atoms. The van der Waals surface area contributed by atoms with Gasteiger partial charge in [-0.2, -0.15) is 5.26 Å². The summed E-state index contributed by atoms with van der Waals surface area (Å²) in [6, 6.07) is 10.0. The minimum atomic E-state index is -3.60. The molecule has 0 aliphatic carbocycles. The minimum absolute atomic E-state index is 0.0936. The molecule has 0 saturated carbocycles. The second-order valence-electron chi connectivity index (χ2n) is 11.3. The molecule has 226 valence electrons.